The van der Waals surface area contributed by atoms with Gasteiger partial charge in [0.2, 0.25) is 0 Å². The van der Waals surface area contributed by atoms with Crippen LogP contribution in [0, 0.1) is 29.1 Å². The molecular weight excluding hydrogens is 430 g/mol. The third-order valence-corrected chi connectivity index (χ3v) is 9.39. The fraction of sp³-hybridized carbons (Fsp3) is 0.793. The molecule has 0 aromatic heterocycles. The Morgan fingerprint density at radius 3 is 2.55 bits per heavy atom. The number of alkyl halides is 1. The first-order chi connectivity index (χ1) is 15.8. The summed E-state index contributed by atoms with van der Waals surface area (Å²) in [5, 5.41) is 3.90. The Kier molecular flexibility index (Phi) is 7.61. The van der Waals surface area contributed by atoms with Crippen molar-refractivity contribution in [3.05, 3.63) is 23.3 Å². The van der Waals surface area contributed by atoms with Crippen molar-refractivity contribution in [3.8, 4) is 11.5 Å². The highest BCUT2D eigenvalue weighted by atomic mass is 35.5. The Hall–Kier alpha value is -0.930. The summed E-state index contributed by atoms with van der Waals surface area (Å²) in [4.78, 5) is 0. The van der Waals surface area contributed by atoms with E-state index in [1.807, 2.05) is 0 Å². The van der Waals surface area contributed by atoms with E-state index in [2.05, 4.69) is 59.0 Å². The van der Waals surface area contributed by atoms with E-state index in [0.717, 1.165) is 43.2 Å². The van der Waals surface area contributed by atoms with Crippen LogP contribution in [0.4, 0.5) is 0 Å². The minimum absolute atomic E-state index is 0.0612. The standard InChI is InChI=1S/C29H46ClNO2/c1-7-21-11-12-24(32-14-13-30)27-26(21)29(8-2)23(18-31-17-20-9-10-20)15-22(16-25(29)33-27)19(3)28(4,5)6/h11-12,19-20,22-23,25,31H,7-10,13-18H2,1-6H3/t19-,22+,23?,25+,29-/m1/s1. The second kappa shape index (κ2) is 9.97. The maximum atomic E-state index is 6.94. The molecule has 186 valence electrons. The first-order valence-corrected chi connectivity index (χ1v) is 14.0. The number of fused-ring (bicyclic) bond motifs is 3. The summed E-state index contributed by atoms with van der Waals surface area (Å²) in [5.74, 6) is 5.20. The number of benzene rings is 1. The van der Waals surface area contributed by atoms with Crippen LogP contribution in [0.5, 0.6) is 11.5 Å². The van der Waals surface area contributed by atoms with Gasteiger partial charge in [0, 0.05) is 11.0 Å². The van der Waals surface area contributed by atoms with Crippen molar-refractivity contribution >= 4 is 11.6 Å². The molecule has 1 aliphatic heterocycles. The molecule has 0 saturated heterocycles. The lowest BCUT2D eigenvalue weighted by molar-refractivity contribution is -0.0113. The molecule has 1 aromatic carbocycles. The van der Waals surface area contributed by atoms with Crippen LogP contribution in [0.3, 0.4) is 0 Å². The van der Waals surface area contributed by atoms with Crippen LogP contribution in [0.25, 0.3) is 0 Å². The van der Waals surface area contributed by atoms with Gasteiger partial charge in [0.15, 0.2) is 11.5 Å². The fourth-order valence-corrected chi connectivity index (χ4v) is 6.80. The molecule has 3 nitrogen and oxygen atoms in total. The maximum Gasteiger partial charge on any atom is 0.165 e. The van der Waals surface area contributed by atoms with E-state index in [9.17, 15) is 0 Å². The van der Waals surface area contributed by atoms with Gasteiger partial charge in [-0.2, -0.15) is 0 Å². The zero-order valence-electron chi connectivity index (χ0n) is 21.8. The number of hydrogen-bond acceptors (Lipinski definition) is 3. The molecule has 1 N–H and O–H groups in total. The van der Waals surface area contributed by atoms with E-state index >= 15 is 0 Å². The topological polar surface area (TPSA) is 30.5 Å². The van der Waals surface area contributed by atoms with Crippen molar-refractivity contribution in [2.45, 2.75) is 91.6 Å². The second-order valence-electron chi connectivity index (χ2n) is 12.0. The smallest absolute Gasteiger partial charge is 0.165 e. The second-order valence-corrected chi connectivity index (χ2v) is 12.4. The zero-order valence-corrected chi connectivity index (χ0v) is 22.6. The molecule has 1 aromatic rings. The van der Waals surface area contributed by atoms with Crippen molar-refractivity contribution in [3.63, 3.8) is 0 Å². The van der Waals surface area contributed by atoms with Gasteiger partial charge in [0.05, 0.1) is 5.88 Å². The highest BCUT2D eigenvalue weighted by Gasteiger charge is 2.58. The quantitative estimate of drug-likeness (QED) is 0.370. The van der Waals surface area contributed by atoms with E-state index < -0.39 is 0 Å². The third kappa shape index (κ3) is 4.79. The van der Waals surface area contributed by atoms with Crippen molar-refractivity contribution < 1.29 is 9.47 Å². The summed E-state index contributed by atoms with van der Waals surface area (Å²) in [6.45, 7) is 17.1. The number of ether oxygens (including phenoxy) is 2. The Labute approximate surface area is 207 Å². The molecule has 0 bridgehead atoms. The summed E-state index contributed by atoms with van der Waals surface area (Å²) in [7, 11) is 0. The number of aryl methyl sites for hydroxylation is 1. The molecular formula is C29H46ClNO2. The number of nitrogens with one attached hydrogen (secondary N) is 1. The molecule has 3 aliphatic rings. The average Bonchev–Trinajstić information content (AvgIpc) is 3.55. The molecule has 0 radical (unpaired) electrons. The molecule has 1 unspecified atom stereocenters. The highest BCUT2D eigenvalue weighted by molar-refractivity contribution is 6.18. The van der Waals surface area contributed by atoms with Gasteiger partial charge in [-0.05, 0) is 92.3 Å². The van der Waals surface area contributed by atoms with Crippen LogP contribution >= 0.6 is 11.6 Å². The van der Waals surface area contributed by atoms with Crippen molar-refractivity contribution in [2.24, 2.45) is 29.1 Å². The lowest BCUT2D eigenvalue weighted by atomic mass is 9.54. The number of halogens is 1. The van der Waals surface area contributed by atoms with Gasteiger partial charge < -0.3 is 14.8 Å². The van der Waals surface area contributed by atoms with Crippen LogP contribution < -0.4 is 14.8 Å². The predicted molar refractivity (Wildman–Crippen MR) is 139 cm³/mol. The molecule has 0 amide bonds. The van der Waals surface area contributed by atoms with Gasteiger partial charge in [0.1, 0.15) is 12.7 Å². The van der Waals surface area contributed by atoms with Gasteiger partial charge in [0.25, 0.3) is 0 Å². The van der Waals surface area contributed by atoms with Gasteiger partial charge in [-0.25, -0.2) is 0 Å². The Balaban J connectivity index is 1.74. The number of hydrogen-bond donors (Lipinski definition) is 1. The lowest BCUT2D eigenvalue weighted by Crippen LogP contribution is -2.54. The Bertz CT molecular complexity index is 815. The molecule has 4 heteroatoms. The predicted octanol–water partition coefficient (Wildman–Crippen LogP) is 6.98. The minimum atomic E-state index is 0.0612. The van der Waals surface area contributed by atoms with Gasteiger partial charge in [-0.1, -0.05) is 47.6 Å². The monoisotopic (exact) mass is 475 g/mol. The lowest BCUT2D eigenvalue weighted by Gasteiger charge is -2.50. The molecule has 33 heavy (non-hydrogen) atoms. The van der Waals surface area contributed by atoms with Crippen LogP contribution in [-0.4, -0.2) is 31.7 Å². The van der Waals surface area contributed by atoms with Crippen molar-refractivity contribution in [1.82, 2.24) is 5.32 Å². The maximum absolute atomic E-state index is 6.94. The summed E-state index contributed by atoms with van der Waals surface area (Å²) in [6, 6.07) is 4.39. The minimum Gasteiger partial charge on any atom is -0.488 e. The van der Waals surface area contributed by atoms with E-state index in [4.69, 9.17) is 21.1 Å². The van der Waals surface area contributed by atoms with Crippen LogP contribution in [-0.2, 0) is 11.8 Å². The summed E-state index contributed by atoms with van der Waals surface area (Å²) in [6.07, 6.45) is 7.58. The fourth-order valence-electron chi connectivity index (χ4n) is 6.73. The molecule has 1 heterocycles. The van der Waals surface area contributed by atoms with E-state index in [-0.39, 0.29) is 11.5 Å². The summed E-state index contributed by atoms with van der Waals surface area (Å²) >= 11 is 5.97. The highest BCUT2D eigenvalue weighted by Crippen LogP contribution is 2.61. The SMILES string of the molecule is CCc1ccc(OCCCl)c2c1[C@]1(CC)C(CNCC3CC3)C[C@H]([C@@H](C)C(C)(C)C)C[C@@H]1O2. The van der Waals surface area contributed by atoms with E-state index in [0.29, 0.717) is 35.7 Å². The number of rotatable bonds is 10. The Morgan fingerprint density at radius 2 is 1.94 bits per heavy atom. The van der Waals surface area contributed by atoms with Crippen LogP contribution in [0.15, 0.2) is 12.1 Å². The molecule has 2 saturated carbocycles. The normalized spacial score (nSPS) is 29.8. The Morgan fingerprint density at radius 1 is 1.18 bits per heavy atom. The van der Waals surface area contributed by atoms with Crippen molar-refractivity contribution in [1.29, 1.82) is 0 Å². The molecule has 5 atom stereocenters. The third-order valence-electron chi connectivity index (χ3n) is 9.24. The first-order valence-electron chi connectivity index (χ1n) is 13.5. The summed E-state index contributed by atoms with van der Waals surface area (Å²) in [5.41, 5.74) is 3.25. The van der Waals surface area contributed by atoms with Crippen LogP contribution in [0.1, 0.15) is 84.8 Å². The first kappa shape index (κ1) is 25.2. The van der Waals surface area contributed by atoms with Gasteiger partial charge >= 0.3 is 0 Å². The molecule has 0 spiro atoms. The van der Waals surface area contributed by atoms with Gasteiger partial charge in [-0.15, -0.1) is 11.6 Å². The van der Waals surface area contributed by atoms with Crippen molar-refractivity contribution in [2.75, 3.05) is 25.6 Å². The largest absolute Gasteiger partial charge is 0.488 e. The average molecular weight is 476 g/mol. The van der Waals surface area contributed by atoms with Gasteiger partial charge in [-0.3, -0.25) is 0 Å². The summed E-state index contributed by atoms with van der Waals surface area (Å²) < 4.78 is 13.0. The molecule has 2 fully saturated rings. The van der Waals surface area contributed by atoms with E-state index in [1.54, 1.807) is 0 Å². The van der Waals surface area contributed by atoms with Crippen LogP contribution in [0.2, 0.25) is 0 Å². The zero-order chi connectivity index (χ0) is 23.8. The van der Waals surface area contributed by atoms with E-state index in [1.165, 1.54) is 36.9 Å². The molecule has 2 aliphatic carbocycles. The molecule has 4 rings (SSSR count).